The minimum Gasteiger partial charge on any atom is -0.492 e. The number of nitrogen functional groups attached to an aromatic ring is 1. The van der Waals surface area contributed by atoms with Gasteiger partial charge in [0.25, 0.3) is 5.91 Å². The molecule has 110 valence electrons. The predicted octanol–water partition coefficient (Wildman–Crippen LogP) is 2.56. The number of hydrogen-bond donors (Lipinski definition) is 1. The molecule has 0 aliphatic heterocycles. The van der Waals surface area contributed by atoms with Crippen LogP contribution >= 0.6 is 0 Å². The van der Waals surface area contributed by atoms with Crippen LogP contribution in [0.4, 0.5) is 10.1 Å². The van der Waals surface area contributed by atoms with Gasteiger partial charge in [-0.1, -0.05) is 18.2 Å². The Hall–Kier alpha value is -2.56. The number of halogens is 1. The highest BCUT2D eigenvalue weighted by Crippen LogP contribution is 2.13. The molecule has 4 nitrogen and oxygen atoms in total. The summed E-state index contributed by atoms with van der Waals surface area (Å²) in [6.07, 6.45) is 0. The van der Waals surface area contributed by atoms with E-state index in [4.69, 9.17) is 10.5 Å². The molecule has 0 fully saturated rings. The molecule has 2 N–H and O–H groups in total. The van der Waals surface area contributed by atoms with Gasteiger partial charge in [0.2, 0.25) is 0 Å². The van der Waals surface area contributed by atoms with E-state index in [1.165, 1.54) is 23.1 Å². The second-order valence-corrected chi connectivity index (χ2v) is 4.66. The van der Waals surface area contributed by atoms with E-state index in [1.807, 2.05) is 30.3 Å². The zero-order chi connectivity index (χ0) is 15.2. The van der Waals surface area contributed by atoms with Crippen LogP contribution in [0.25, 0.3) is 0 Å². The highest BCUT2D eigenvalue weighted by molar-refractivity contribution is 5.94. The Morgan fingerprint density at radius 2 is 1.95 bits per heavy atom. The van der Waals surface area contributed by atoms with Gasteiger partial charge in [-0.3, -0.25) is 4.79 Å². The Labute approximate surface area is 122 Å². The second-order valence-electron chi connectivity index (χ2n) is 4.66. The molecule has 0 spiro atoms. The molecule has 0 saturated carbocycles. The van der Waals surface area contributed by atoms with Gasteiger partial charge >= 0.3 is 0 Å². The van der Waals surface area contributed by atoms with Crippen LogP contribution < -0.4 is 10.5 Å². The zero-order valence-corrected chi connectivity index (χ0v) is 11.8. The SMILES string of the molecule is CN(CCOc1ccccc1)C(=O)c1cc(N)cc(F)c1. The summed E-state index contributed by atoms with van der Waals surface area (Å²) in [4.78, 5) is 13.6. The Balaban J connectivity index is 1.90. The Bertz CT molecular complexity index is 597. The lowest BCUT2D eigenvalue weighted by molar-refractivity contribution is 0.0773. The molecule has 1 amide bonds. The van der Waals surface area contributed by atoms with Gasteiger partial charge in [-0.15, -0.1) is 0 Å². The van der Waals surface area contributed by atoms with Gasteiger partial charge in [-0.25, -0.2) is 4.39 Å². The summed E-state index contributed by atoms with van der Waals surface area (Å²) in [5.41, 5.74) is 6.00. The number of ether oxygens (including phenoxy) is 1. The molecule has 21 heavy (non-hydrogen) atoms. The van der Waals surface area contributed by atoms with Gasteiger partial charge in [0.15, 0.2) is 0 Å². The molecule has 2 aromatic rings. The summed E-state index contributed by atoms with van der Waals surface area (Å²) in [5, 5.41) is 0. The zero-order valence-electron chi connectivity index (χ0n) is 11.8. The molecular weight excluding hydrogens is 271 g/mol. The number of rotatable bonds is 5. The molecule has 5 heteroatoms. The summed E-state index contributed by atoms with van der Waals surface area (Å²) in [7, 11) is 1.64. The van der Waals surface area contributed by atoms with Crippen LogP contribution in [0, 0.1) is 5.82 Å². The van der Waals surface area contributed by atoms with Crippen molar-refractivity contribution in [2.75, 3.05) is 25.9 Å². The molecule has 0 aromatic heterocycles. The smallest absolute Gasteiger partial charge is 0.253 e. The number of carbonyl (C=O) groups excluding carboxylic acids is 1. The van der Waals surface area contributed by atoms with E-state index in [-0.39, 0.29) is 17.2 Å². The molecule has 2 aromatic carbocycles. The topological polar surface area (TPSA) is 55.6 Å². The average Bonchev–Trinajstić information content (AvgIpc) is 2.46. The second kappa shape index (κ2) is 6.74. The number of para-hydroxylation sites is 1. The molecule has 0 saturated heterocycles. The molecule has 0 heterocycles. The third kappa shape index (κ3) is 4.21. The van der Waals surface area contributed by atoms with Crippen molar-refractivity contribution >= 4 is 11.6 Å². The number of nitrogens with zero attached hydrogens (tertiary/aromatic N) is 1. The molecule has 0 bridgehead atoms. The van der Waals surface area contributed by atoms with Crippen LogP contribution in [-0.2, 0) is 0 Å². The van der Waals surface area contributed by atoms with Crippen LogP contribution in [-0.4, -0.2) is 31.0 Å². The third-order valence-corrected chi connectivity index (χ3v) is 2.95. The summed E-state index contributed by atoms with van der Waals surface area (Å²) in [6.45, 7) is 0.751. The minimum atomic E-state index is -0.521. The van der Waals surface area contributed by atoms with E-state index >= 15 is 0 Å². The van der Waals surface area contributed by atoms with Gasteiger partial charge in [0.1, 0.15) is 18.2 Å². The number of hydrogen-bond acceptors (Lipinski definition) is 3. The molecule has 0 radical (unpaired) electrons. The van der Waals surface area contributed by atoms with Crippen molar-refractivity contribution < 1.29 is 13.9 Å². The Morgan fingerprint density at radius 3 is 2.62 bits per heavy atom. The van der Waals surface area contributed by atoms with E-state index < -0.39 is 5.82 Å². The van der Waals surface area contributed by atoms with Gasteiger partial charge in [-0.05, 0) is 30.3 Å². The first-order valence-corrected chi connectivity index (χ1v) is 6.55. The fourth-order valence-electron chi connectivity index (χ4n) is 1.87. The fourth-order valence-corrected chi connectivity index (χ4v) is 1.87. The van der Waals surface area contributed by atoms with E-state index in [1.54, 1.807) is 7.05 Å². The number of likely N-dealkylation sites (N-methyl/N-ethyl adjacent to an activating group) is 1. The molecular formula is C16H17FN2O2. The summed E-state index contributed by atoms with van der Waals surface area (Å²) < 4.78 is 18.8. The van der Waals surface area contributed by atoms with E-state index in [0.29, 0.717) is 13.2 Å². The quantitative estimate of drug-likeness (QED) is 0.860. The Morgan fingerprint density at radius 1 is 1.24 bits per heavy atom. The average molecular weight is 288 g/mol. The highest BCUT2D eigenvalue weighted by atomic mass is 19.1. The van der Waals surface area contributed by atoms with Crippen molar-refractivity contribution in [3.8, 4) is 5.75 Å². The van der Waals surface area contributed by atoms with Crippen molar-refractivity contribution in [3.05, 3.63) is 59.9 Å². The van der Waals surface area contributed by atoms with Crippen molar-refractivity contribution in [2.45, 2.75) is 0 Å². The first-order valence-electron chi connectivity index (χ1n) is 6.55. The van der Waals surface area contributed by atoms with E-state index in [9.17, 15) is 9.18 Å². The van der Waals surface area contributed by atoms with Crippen LogP contribution in [0.3, 0.4) is 0 Å². The van der Waals surface area contributed by atoms with Crippen LogP contribution in [0.2, 0.25) is 0 Å². The van der Waals surface area contributed by atoms with Crippen molar-refractivity contribution in [1.29, 1.82) is 0 Å². The minimum absolute atomic E-state index is 0.229. The maximum absolute atomic E-state index is 13.2. The monoisotopic (exact) mass is 288 g/mol. The molecule has 0 unspecified atom stereocenters. The predicted molar refractivity (Wildman–Crippen MR) is 79.7 cm³/mol. The number of carbonyl (C=O) groups is 1. The Kier molecular flexibility index (Phi) is 4.77. The molecule has 0 atom stereocenters. The van der Waals surface area contributed by atoms with Crippen LogP contribution in [0.5, 0.6) is 5.75 Å². The molecule has 0 aliphatic rings. The van der Waals surface area contributed by atoms with E-state index in [2.05, 4.69) is 0 Å². The van der Waals surface area contributed by atoms with Gasteiger partial charge in [-0.2, -0.15) is 0 Å². The summed E-state index contributed by atoms with van der Waals surface area (Å²) >= 11 is 0. The first kappa shape index (κ1) is 14.8. The van der Waals surface area contributed by atoms with Crippen molar-refractivity contribution in [3.63, 3.8) is 0 Å². The molecule has 2 rings (SSSR count). The first-order chi connectivity index (χ1) is 10.1. The lowest BCUT2D eigenvalue weighted by Gasteiger charge is -2.17. The fraction of sp³-hybridized carbons (Fsp3) is 0.188. The number of anilines is 1. The largest absolute Gasteiger partial charge is 0.492 e. The molecule has 0 aliphatic carbocycles. The lowest BCUT2D eigenvalue weighted by Crippen LogP contribution is -2.31. The van der Waals surface area contributed by atoms with E-state index in [0.717, 1.165) is 5.75 Å². The summed E-state index contributed by atoms with van der Waals surface area (Å²) in [6, 6.07) is 13.1. The van der Waals surface area contributed by atoms with Crippen molar-refractivity contribution in [1.82, 2.24) is 4.90 Å². The summed E-state index contributed by atoms with van der Waals surface area (Å²) in [5.74, 6) is -0.0708. The third-order valence-electron chi connectivity index (χ3n) is 2.95. The standard InChI is InChI=1S/C16H17FN2O2/c1-19(7-8-21-15-5-3-2-4-6-15)16(20)12-9-13(17)11-14(18)10-12/h2-6,9-11H,7-8,18H2,1H3. The van der Waals surface area contributed by atoms with Crippen LogP contribution in [0.15, 0.2) is 48.5 Å². The number of benzene rings is 2. The van der Waals surface area contributed by atoms with Gasteiger partial charge in [0.05, 0.1) is 6.54 Å². The maximum atomic E-state index is 13.2. The maximum Gasteiger partial charge on any atom is 0.253 e. The van der Waals surface area contributed by atoms with Gasteiger partial charge in [0, 0.05) is 18.3 Å². The van der Waals surface area contributed by atoms with Crippen LogP contribution in [0.1, 0.15) is 10.4 Å². The lowest BCUT2D eigenvalue weighted by atomic mass is 10.1. The number of nitrogens with two attached hydrogens (primary N) is 1. The highest BCUT2D eigenvalue weighted by Gasteiger charge is 2.13. The number of amides is 1. The van der Waals surface area contributed by atoms with Gasteiger partial charge < -0.3 is 15.4 Å². The van der Waals surface area contributed by atoms with Crippen molar-refractivity contribution in [2.24, 2.45) is 0 Å². The normalized spacial score (nSPS) is 10.2.